The van der Waals surface area contributed by atoms with E-state index < -0.39 is 18.5 Å². The SMILES string of the molecule is Cc1ccc(C(=O)OCC(=O)NCCc2ccc(F)cc2)c(O)c1. The van der Waals surface area contributed by atoms with Crippen molar-refractivity contribution >= 4 is 11.9 Å². The Labute approximate surface area is 139 Å². The lowest BCUT2D eigenvalue weighted by Crippen LogP contribution is -2.30. The topological polar surface area (TPSA) is 75.6 Å². The number of benzene rings is 2. The Hall–Kier alpha value is -2.89. The summed E-state index contributed by atoms with van der Waals surface area (Å²) in [5, 5.41) is 12.3. The number of halogens is 1. The highest BCUT2D eigenvalue weighted by Gasteiger charge is 2.14. The first-order chi connectivity index (χ1) is 11.5. The molecule has 2 N–H and O–H groups in total. The van der Waals surface area contributed by atoms with Gasteiger partial charge in [0.1, 0.15) is 17.1 Å². The number of esters is 1. The van der Waals surface area contributed by atoms with Gasteiger partial charge in [-0.2, -0.15) is 0 Å². The molecule has 0 saturated carbocycles. The van der Waals surface area contributed by atoms with E-state index in [0.717, 1.165) is 11.1 Å². The van der Waals surface area contributed by atoms with Crippen molar-refractivity contribution in [3.8, 4) is 5.75 Å². The second kappa shape index (κ2) is 8.10. The number of aromatic hydroxyl groups is 1. The van der Waals surface area contributed by atoms with E-state index in [4.69, 9.17) is 4.74 Å². The molecule has 0 aliphatic heterocycles. The quantitative estimate of drug-likeness (QED) is 0.797. The Morgan fingerprint density at radius 2 is 1.88 bits per heavy atom. The summed E-state index contributed by atoms with van der Waals surface area (Å²) in [5.74, 6) is -1.70. The second-order valence-electron chi connectivity index (χ2n) is 5.32. The highest BCUT2D eigenvalue weighted by Crippen LogP contribution is 2.19. The van der Waals surface area contributed by atoms with E-state index >= 15 is 0 Å². The van der Waals surface area contributed by atoms with Crippen LogP contribution in [0.1, 0.15) is 21.5 Å². The van der Waals surface area contributed by atoms with E-state index in [2.05, 4.69) is 5.32 Å². The van der Waals surface area contributed by atoms with Gasteiger partial charge in [-0.3, -0.25) is 4.79 Å². The zero-order valence-corrected chi connectivity index (χ0v) is 13.2. The molecule has 0 atom stereocenters. The predicted molar refractivity (Wildman–Crippen MR) is 86.2 cm³/mol. The lowest BCUT2D eigenvalue weighted by atomic mass is 10.1. The third kappa shape index (κ3) is 5.08. The normalized spacial score (nSPS) is 10.2. The molecule has 0 aromatic heterocycles. The molecular formula is C18H18FNO4. The van der Waals surface area contributed by atoms with Crippen molar-refractivity contribution in [3.05, 3.63) is 65.0 Å². The number of phenols is 1. The number of ether oxygens (including phenoxy) is 1. The summed E-state index contributed by atoms with van der Waals surface area (Å²) in [6, 6.07) is 10.5. The maximum atomic E-state index is 12.8. The molecule has 126 valence electrons. The number of amides is 1. The molecule has 2 rings (SSSR count). The van der Waals surface area contributed by atoms with E-state index in [1.165, 1.54) is 24.3 Å². The predicted octanol–water partition coefficient (Wildman–Crippen LogP) is 2.36. The number of carbonyl (C=O) groups excluding carboxylic acids is 2. The molecule has 0 radical (unpaired) electrons. The molecule has 0 aliphatic rings. The monoisotopic (exact) mass is 331 g/mol. The third-order valence-electron chi connectivity index (χ3n) is 3.36. The molecule has 0 aliphatic carbocycles. The van der Waals surface area contributed by atoms with Crippen molar-refractivity contribution in [2.75, 3.05) is 13.2 Å². The molecule has 24 heavy (non-hydrogen) atoms. The van der Waals surface area contributed by atoms with Crippen LogP contribution >= 0.6 is 0 Å². The van der Waals surface area contributed by atoms with Crippen molar-refractivity contribution in [1.29, 1.82) is 0 Å². The standard InChI is InChI=1S/C18H18FNO4/c1-12-2-7-15(16(21)10-12)18(23)24-11-17(22)20-9-8-13-3-5-14(19)6-4-13/h2-7,10,21H,8-9,11H2,1H3,(H,20,22). The van der Waals surface area contributed by atoms with Crippen molar-refractivity contribution in [1.82, 2.24) is 5.32 Å². The Bertz CT molecular complexity index is 728. The minimum atomic E-state index is -0.763. The second-order valence-corrected chi connectivity index (χ2v) is 5.32. The zero-order valence-electron chi connectivity index (χ0n) is 13.2. The molecule has 0 fully saturated rings. The molecule has 0 saturated heterocycles. The Balaban J connectivity index is 1.74. The fraction of sp³-hybridized carbons (Fsp3) is 0.222. The molecule has 0 heterocycles. The van der Waals surface area contributed by atoms with Gasteiger partial charge in [-0.15, -0.1) is 0 Å². The van der Waals surface area contributed by atoms with Crippen molar-refractivity contribution in [3.63, 3.8) is 0 Å². The molecule has 2 aromatic rings. The van der Waals surface area contributed by atoms with Crippen molar-refractivity contribution < 1.29 is 23.8 Å². The first-order valence-corrected chi connectivity index (χ1v) is 7.43. The van der Waals surface area contributed by atoms with Gasteiger partial charge >= 0.3 is 5.97 Å². The minimum Gasteiger partial charge on any atom is -0.507 e. The number of hydrogen-bond acceptors (Lipinski definition) is 4. The summed E-state index contributed by atoms with van der Waals surface area (Å²) in [4.78, 5) is 23.5. The largest absolute Gasteiger partial charge is 0.507 e. The van der Waals surface area contributed by atoms with E-state index in [0.29, 0.717) is 13.0 Å². The Kier molecular flexibility index (Phi) is 5.89. The van der Waals surface area contributed by atoms with Crippen LogP contribution in [0, 0.1) is 12.7 Å². The highest BCUT2D eigenvalue weighted by molar-refractivity contribution is 5.93. The third-order valence-corrected chi connectivity index (χ3v) is 3.36. The molecule has 6 heteroatoms. The van der Waals surface area contributed by atoms with Crippen LogP contribution in [0.4, 0.5) is 4.39 Å². The van der Waals surface area contributed by atoms with Crippen LogP contribution in [-0.2, 0) is 16.0 Å². The summed E-state index contributed by atoms with van der Waals surface area (Å²) in [5.41, 5.74) is 1.71. The summed E-state index contributed by atoms with van der Waals surface area (Å²) < 4.78 is 17.6. The van der Waals surface area contributed by atoms with Crippen LogP contribution in [0.3, 0.4) is 0 Å². The summed E-state index contributed by atoms with van der Waals surface area (Å²) in [6.45, 7) is 1.69. The highest BCUT2D eigenvalue weighted by atomic mass is 19.1. The van der Waals surface area contributed by atoms with Gasteiger partial charge < -0.3 is 15.2 Å². The van der Waals surface area contributed by atoms with E-state index in [9.17, 15) is 19.1 Å². The Morgan fingerprint density at radius 1 is 1.17 bits per heavy atom. The average molecular weight is 331 g/mol. The van der Waals surface area contributed by atoms with Crippen LogP contribution in [0.5, 0.6) is 5.75 Å². The van der Waals surface area contributed by atoms with Gasteiger partial charge in [0.15, 0.2) is 6.61 Å². The van der Waals surface area contributed by atoms with Gasteiger partial charge in [-0.25, -0.2) is 9.18 Å². The van der Waals surface area contributed by atoms with Gasteiger partial charge in [0.05, 0.1) is 0 Å². The van der Waals surface area contributed by atoms with E-state index in [1.807, 2.05) is 0 Å². The fourth-order valence-electron chi connectivity index (χ4n) is 2.07. The van der Waals surface area contributed by atoms with E-state index in [-0.39, 0.29) is 17.1 Å². The number of aryl methyl sites for hydroxylation is 1. The molecule has 1 amide bonds. The van der Waals surface area contributed by atoms with Crippen molar-refractivity contribution in [2.45, 2.75) is 13.3 Å². The number of phenolic OH excluding ortho intramolecular Hbond substituents is 1. The zero-order chi connectivity index (χ0) is 17.5. The molecule has 0 unspecified atom stereocenters. The maximum absolute atomic E-state index is 12.8. The maximum Gasteiger partial charge on any atom is 0.342 e. The number of rotatable bonds is 6. The molecule has 5 nitrogen and oxygen atoms in total. The Morgan fingerprint density at radius 3 is 2.54 bits per heavy atom. The molecule has 0 bridgehead atoms. The summed E-state index contributed by atoms with van der Waals surface area (Å²) in [7, 11) is 0. The van der Waals surface area contributed by atoms with Gasteiger partial charge in [0, 0.05) is 6.54 Å². The number of hydrogen-bond donors (Lipinski definition) is 2. The van der Waals surface area contributed by atoms with Crippen LogP contribution in [-0.4, -0.2) is 30.1 Å². The van der Waals surface area contributed by atoms with Crippen LogP contribution in [0.25, 0.3) is 0 Å². The van der Waals surface area contributed by atoms with Crippen LogP contribution < -0.4 is 5.32 Å². The fourth-order valence-corrected chi connectivity index (χ4v) is 2.07. The van der Waals surface area contributed by atoms with Gasteiger partial charge in [0.2, 0.25) is 0 Å². The summed E-state index contributed by atoms with van der Waals surface area (Å²) >= 11 is 0. The minimum absolute atomic E-state index is 0.0136. The van der Waals surface area contributed by atoms with Gasteiger partial charge in [-0.05, 0) is 48.7 Å². The lowest BCUT2D eigenvalue weighted by molar-refractivity contribution is -0.124. The smallest absolute Gasteiger partial charge is 0.342 e. The van der Waals surface area contributed by atoms with E-state index in [1.54, 1.807) is 25.1 Å². The number of nitrogens with one attached hydrogen (secondary N) is 1. The first kappa shape index (κ1) is 17.5. The molecule has 2 aromatic carbocycles. The first-order valence-electron chi connectivity index (χ1n) is 7.43. The van der Waals surface area contributed by atoms with Gasteiger partial charge in [-0.1, -0.05) is 18.2 Å². The van der Waals surface area contributed by atoms with Gasteiger partial charge in [0.25, 0.3) is 5.91 Å². The van der Waals surface area contributed by atoms with Crippen molar-refractivity contribution in [2.24, 2.45) is 0 Å². The van der Waals surface area contributed by atoms with Crippen LogP contribution in [0.2, 0.25) is 0 Å². The molecule has 0 spiro atoms. The van der Waals surface area contributed by atoms with Crippen LogP contribution in [0.15, 0.2) is 42.5 Å². The average Bonchev–Trinajstić information content (AvgIpc) is 2.54. The number of carbonyl (C=O) groups is 2. The summed E-state index contributed by atoms with van der Waals surface area (Å²) in [6.07, 6.45) is 0.540. The lowest BCUT2D eigenvalue weighted by Gasteiger charge is -2.08. The molecular weight excluding hydrogens is 313 g/mol.